The first-order valence-corrected chi connectivity index (χ1v) is 8.36. The van der Waals surface area contributed by atoms with Crippen LogP contribution in [0.5, 0.6) is 0 Å². The quantitative estimate of drug-likeness (QED) is 0.782. The van der Waals surface area contributed by atoms with Crippen molar-refractivity contribution in [2.24, 2.45) is 24.8 Å². The van der Waals surface area contributed by atoms with E-state index in [1.807, 2.05) is 0 Å². The van der Waals surface area contributed by atoms with Crippen LogP contribution in [0.3, 0.4) is 0 Å². The molecule has 1 saturated carbocycles. The van der Waals surface area contributed by atoms with Crippen molar-refractivity contribution in [3.63, 3.8) is 0 Å². The molecular formula is C18H27NO4. The molecule has 1 aromatic heterocycles. The van der Waals surface area contributed by atoms with E-state index in [0.717, 1.165) is 12.8 Å². The molecule has 0 aliphatic heterocycles. The lowest BCUT2D eigenvalue weighted by Crippen LogP contribution is -2.36. The van der Waals surface area contributed by atoms with E-state index in [1.54, 1.807) is 29.9 Å². The Balaban J connectivity index is 1.85. The average molecular weight is 321 g/mol. The van der Waals surface area contributed by atoms with Crippen LogP contribution in [-0.4, -0.2) is 29.2 Å². The third-order valence-corrected chi connectivity index (χ3v) is 4.72. The molecule has 0 N–H and O–H groups in total. The Morgan fingerprint density at radius 1 is 1.35 bits per heavy atom. The predicted octanol–water partition coefficient (Wildman–Crippen LogP) is 3.19. The molecule has 3 atom stereocenters. The maximum absolute atomic E-state index is 12.0. The maximum Gasteiger partial charge on any atom is 0.355 e. The van der Waals surface area contributed by atoms with Gasteiger partial charge in [-0.05, 0) is 42.7 Å². The van der Waals surface area contributed by atoms with Gasteiger partial charge in [0.1, 0.15) is 11.8 Å². The van der Waals surface area contributed by atoms with Crippen LogP contribution < -0.4 is 0 Å². The molecule has 1 aromatic rings. The number of carbonyl (C=O) groups excluding carboxylic acids is 2. The van der Waals surface area contributed by atoms with E-state index < -0.39 is 11.9 Å². The molecule has 0 amide bonds. The topological polar surface area (TPSA) is 57.5 Å². The number of hydrogen-bond acceptors (Lipinski definition) is 4. The van der Waals surface area contributed by atoms with Crippen molar-refractivity contribution in [2.75, 3.05) is 6.61 Å². The van der Waals surface area contributed by atoms with Crippen LogP contribution in [0, 0.1) is 17.8 Å². The van der Waals surface area contributed by atoms with Gasteiger partial charge in [-0.2, -0.15) is 0 Å². The van der Waals surface area contributed by atoms with Crippen molar-refractivity contribution < 1.29 is 19.1 Å². The summed E-state index contributed by atoms with van der Waals surface area (Å²) in [6.45, 7) is 6.18. The van der Waals surface area contributed by atoms with Gasteiger partial charge in [0.25, 0.3) is 0 Å². The lowest BCUT2D eigenvalue weighted by atomic mass is 9.75. The smallest absolute Gasteiger partial charge is 0.355 e. The summed E-state index contributed by atoms with van der Waals surface area (Å²) in [6, 6.07) is 3.41. The molecule has 0 unspecified atom stereocenters. The van der Waals surface area contributed by atoms with Crippen LogP contribution in [0.1, 0.15) is 50.5 Å². The van der Waals surface area contributed by atoms with Gasteiger partial charge in [-0.25, -0.2) is 9.59 Å². The molecule has 0 saturated heterocycles. The first-order chi connectivity index (χ1) is 10.9. The first-order valence-electron chi connectivity index (χ1n) is 8.36. The fraction of sp³-hybridized carbons (Fsp3) is 0.667. The second-order valence-electron chi connectivity index (χ2n) is 6.93. The van der Waals surface area contributed by atoms with Crippen LogP contribution in [0.2, 0.25) is 0 Å². The average Bonchev–Trinajstić information content (AvgIpc) is 2.90. The fourth-order valence-electron chi connectivity index (χ4n) is 3.32. The summed E-state index contributed by atoms with van der Waals surface area (Å²) >= 11 is 0. The molecule has 1 fully saturated rings. The van der Waals surface area contributed by atoms with E-state index in [1.165, 1.54) is 6.42 Å². The summed E-state index contributed by atoms with van der Waals surface area (Å²) in [5.41, 5.74) is 0.421. The van der Waals surface area contributed by atoms with Crippen molar-refractivity contribution in [1.82, 2.24) is 4.57 Å². The summed E-state index contributed by atoms with van der Waals surface area (Å²) in [7, 11) is 1.76. The third kappa shape index (κ3) is 4.60. The Hall–Kier alpha value is -1.78. The fourth-order valence-corrected chi connectivity index (χ4v) is 3.32. The van der Waals surface area contributed by atoms with Gasteiger partial charge in [0, 0.05) is 13.2 Å². The van der Waals surface area contributed by atoms with Crippen LogP contribution in [0.15, 0.2) is 18.3 Å². The van der Waals surface area contributed by atoms with Gasteiger partial charge >= 0.3 is 11.9 Å². The Morgan fingerprint density at radius 2 is 2.09 bits per heavy atom. The maximum atomic E-state index is 12.0. The minimum absolute atomic E-state index is 0.0695. The van der Waals surface area contributed by atoms with Crippen molar-refractivity contribution in [3.8, 4) is 0 Å². The SMILES string of the molecule is CC(C)[C@@H]1CC[C@H](C)C[C@H]1OC(=O)COC(=O)c1cccn1C. The van der Waals surface area contributed by atoms with Crippen molar-refractivity contribution in [1.29, 1.82) is 0 Å². The molecule has 0 bridgehead atoms. The minimum atomic E-state index is -0.508. The van der Waals surface area contributed by atoms with Gasteiger partial charge in [0.05, 0.1) is 0 Å². The molecule has 5 nitrogen and oxygen atoms in total. The van der Waals surface area contributed by atoms with Crippen LogP contribution in [0.4, 0.5) is 0 Å². The van der Waals surface area contributed by atoms with Gasteiger partial charge in [-0.1, -0.05) is 27.2 Å². The second kappa shape index (κ2) is 7.66. The highest BCUT2D eigenvalue weighted by Gasteiger charge is 2.33. The van der Waals surface area contributed by atoms with Crippen molar-refractivity contribution in [3.05, 3.63) is 24.0 Å². The molecule has 23 heavy (non-hydrogen) atoms. The molecule has 1 heterocycles. The Labute approximate surface area is 138 Å². The molecule has 1 aliphatic rings. The Bertz CT molecular complexity index is 549. The van der Waals surface area contributed by atoms with Gasteiger partial charge in [-0.15, -0.1) is 0 Å². The highest BCUT2D eigenvalue weighted by atomic mass is 16.6. The molecule has 1 aliphatic carbocycles. The second-order valence-corrected chi connectivity index (χ2v) is 6.93. The number of rotatable bonds is 5. The van der Waals surface area contributed by atoms with Crippen LogP contribution >= 0.6 is 0 Å². The lowest BCUT2D eigenvalue weighted by Gasteiger charge is -2.36. The molecule has 2 rings (SSSR count). The monoisotopic (exact) mass is 321 g/mol. The van der Waals surface area contributed by atoms with Crippen molar-refractivity contribution in [2.45, 2.75) is 46.1 Å². The number of hydrogen-bond donors (Lipinski definition) is 0. The zero-order chi connectivity index (χ0) is 17.0. The summed E-state index contributed by atoms with van der Waals surface area (Å²) in [5, 5.41) is 0. The third-order valence-electron chi connectivity index (χ3n) is 4.72. The van der Waals surface area contributed by atoms with E-state index in [4.69, 9.17) is 9.47 Å². The molecule has 5 heteroatoms. The van der Waals surface area contributed by atoms with Crippen molar-refractivity contribution >= 4 is 11.9 Å². The van der Waals surface area contributed by atoms with E-state index in [-0.39, 0.29) is 12.7 Å². The highest BCUT2D eigenvalue weighted by molar-refractivity contribution is 5.89. The minimum Gasteiger partial charge on any atom is -0.460 e. The largest absolute Gasteiger partial charge is 0.460 e. The van der Waals surface area contributed by atoms with Gasteiger partial charge in [0.15, 0.2) is 6.61 Å². The summed E-state index contributed by atoms with van der Waals surface area (Å²) < 4.78 is 12.3. The molecule has 128 valence electrons. The molecule has 0 aromatic carbocycles. The van der Waals surface area contributed by atoms with E-state index >= 15 is 0 Å². The number of carbonyl (C=O) groups is 2. The standard InChI is InChI=1S/C18H27NO4/c1-12(2)14-8-7-13(3)10-16(14)23-17(20)11-22-18(21)15-6-5-9-19(15)4/h5-6,9,12-14,16H,7-8,10-11H2,1-4H3/t13-,14-,16+/m0/s1. The van der Waals surface area contributed by atoms with Crippen LogP contribution in [0.25, 0.3) is 0 Å². The number of aryl methyl sites for hydroxylation is 1. The van der Waals surface area contributed by atoms with Crippen LogP contribution in [-0.2, 0) is 21.3 Å². The lowest BCUT2D eigenvalue weighted by molar-refractivity contribution is -0.159. The summed E-state index contributed by atoms with van der Waals surface area (Å²) in [5.74, 6) is 0.461. The number of nitrogens with zero attached hydrogens (tertiary/aromatic N) is 1. The molecular weight excluding hydrogens is 294 g/mol. The summed E-state index contributed by atoms with van der Waals surface area (Å²) in [4.78, 5) is 23.9. The predicted molar refractivity (Wildman–Crippen MR) is 86.9 cm³/mol. The highest BCUT2D eigenvalue weighted by Crippen LogP contribution is 2.35. The zero-order valence-corrected chi connectivity index (χ0v) is 14.5. The molecule has 0 radical (unpaired) electrons. The van der Waals surface area contributed by atoms with E-state index in [9.17, 15) is 9.59 Å². The van der Waals surface area contributed by atoms with Gasteiger partial charge in [-0.3, -0.25) is 0 Å². The van der Waals surface area contributed by atoms with E-state index in [0.29, 0.717) is 23.4 Å². The molecule has 0 spiro atoms. The van der Waals surface area contributed by atoms with Gasteiger partial charge in [0.2, 0.25) is 0 Å². The number of esters is 2. The number of aromatic nitrogens is 1. The first kappa shape index (κ1) is 17.6. The zero-order valence-electron chi connectivity index (χ0n) is 14.5. The normalized spacial score (nSPS) is 24.5. The van der Waals surface area contributed by atoms with Gasteiger partial charge < -0.3 is 14.0 Å². The summed E-state index contributed by atoms with van der Waals surface area (Å²) in [6.07, 6.45) is 4.84. The van der Waals surface area contributed by atoms with E-state index in [2.05, 4.69) is 20.8 Å². The number of ether oxygens (including phenoxy) is 2. The Kier molecular flexibility index (Phi) is 5.85. The Morgan fingerprint density at radius 3 is 2.70 bits per heavy atom.